The third-order valence-corrected chi connectivity index (χ3v) is 6.04. The van der Waals surface area contributed by atoms with Crippen LogP contribution in [0.2, 0.25) is 0 Å². The number of hydrogen-bond acceptors (Lipinski definition) is 6. The smallest absolute Gasteiger partial charge is 0.407 e. The third-order valence-electron chi connectivity index (χ3n) is 4.61. The molecule has 0 saturated heterocycles. The highest BCUT2D eigenvalue weighted by Crippen LogP contribution is 2.21. The van der Waals surface area contributed by atoms with Crippen molar-refractivity contribution in [3.8, 4) is 0 Å². The van der Waals surface area contributed by atoms with Crippen molar-refractivity contribution in [2.45, 2.75) is 51.2 Å². The van der Waals surface area contributed by atoms with Gasteiger partial charge in [-0.2, -0.15) is 5.10 Å². The number of carboxylic acid groups (broad SMARTS) is 1. The summed E-state index contributed by atoms with van der Waals surface area (Å²) >= 11 is 0. The van der Waals surface area contributed by atoms with Crippen molar-refractivity contribution >= 4 is 22.1 Å². The summed E-state index contributed by atoms with van der Waals surface area (Å²) in [6, 6.07) is 5.99. The number of aromatic carboxylic acids is 1. The first-order chi connectivity index (χ1) is 15.7. The van der Waals surface area contributed by atoms with E-state index in [1.807, 2.05) is 0 Å². The average Bonchev–Trinajstić information content (AvgIpc) is 3.01. The number of nitrogens with one attached hydrogen (secondary N) is 2. The number of aromatic nitrogens is 2. The fourth-order valence-corrected chi connectivity index (χ4v) is 3.79. The maximum atomic E-state index is 14.4. The molecule has 0 saturated carbocycles. The maximum Gasteiger partial charge on any atom is 0.407 e. The molecule has 1 amide bonds. The van der Waals surface area contributed by atoms with E-state index in [-0.39, 0.29) is 23.6 Å². The lowest BCUT2D eigenvalue weighted by Crippen LogP contribution is -2.32. The Morgan fingerprint density at radius 2 is 1.85 bits per heavy atom. The molecule has 186 valence electrons. The van der Waals surface area contributed by atoms with Crippen LogP contribution in [0.25, 0.3) is 0 Å². The zero-order valence-corrected chi connectivity index (χ0v) is 20.5. The summed E-state index contributed by atoms with van der Waals surface area (Å²) in [6.45, 7) is 6.14. The van der Waals surface area contributed by atoms with Crippen LogP contribution >= 0.6 is 0 Å². The number of carboxylic acids is 1. The molecule has 0 radical (unpaired) electrons. The number of rotatable bonds is 9. The molecule has 0 aliphatic carbocycles. The van der Waals surface area contributed by atoms with E-state index in [1.54, 1.807) is 39.8 Å². The molecule has 0 aliphatic heterocycles. The molecule has 0 fully saturated rings. The largest absolute Gasteiger partial charge is 0.477 e. The Bertz CT molecular complexity index is 1180. The molecule has 2 rings (SSSR count). The van der Waals surface area contributed by atoms with Gasteiger partial charge in [0.2, 0.25) is 10.0 Å². The van der Waals surface area contributed by atoms with Crippen molar-refractivity contribution in [3.05, 3.63) is 58.7 Å². The minimum atomic E-state index is -3.59. The quantitative estimate of drug-likeness (QED) is 0.485. The van der Waals surface area contributed by atoms with E-state index in [4.69, 9.17) is 4.74 Å². The molecule has 12 heteroatoms. The summed E-state index contributed by atoms with van der Waals surface area (Å²) in [4.78, 5) is 23.6. The fourth-order valence-electron chi connectivity index (χ4n) is 3.06. The Hall–Kier alpha value is -3.25. The number of sulfonamides is 1. The Morgan fingerprint density at radius 1 is 1.24 bits per heavy atom. The first-order valence-corrected chi connectivity index (χ1v) is 11.8. The van der Waals surface area contributed by atoms with Gasteiger partial charge in [-0.1, -0.05) is 12.1 Å². The molecule has 1 aromatic heterocycles. The summed E-state index contributed by atoms with van der Waals surface area (Å²) < 4.78 is 46.5. The van der Waals surface area contributed by atoms with E-state index in [1.165, 1.54) is 19.2 Å². The standard InChI is InChI=1S/C22H29FN4O6S/c1-14-18(12-15-6-8-17(9-7-15)34(31,32)24-5)19(20(28)29)27(26-14)13-16(23)10-11-25-21(30)33-22(2,3)4/h6-10,24H,11-13H2,1-5H3,(H,25,30)(H,28,29)/b16-10-. The Labute approximate surface area is 197 Å². The van der Waals surface area contributed by atoms with Gasteiger partial charge in [-0.15, -0.1) is 0 Å². The number of carbonyl (C=O) groups excluding carboxylic acids is 1. The molecule has 1 heterocycles. The van der Waals surface area contributed by atoms with Gasteiger partial charge in [0, 0.05) is 18.5 Å². The number of aryl methyl sites for hydroxylation is 1. The van der Waals surface area contributed by atoms with Crippen LogP contribution in [0.1, 0.15) is 48.1 Å². The van der Waals surface area contributed by atoms with Gasteiger partial charge in [0.05, 0.1) is 17.1 Å². The van der Waals surface area contributed by atoms with Gasteiger partial charge in [-0.25, -0.2) is 27.1 Å². The van der Waals surface area contributed by atoms with Gasteiger partial charge in [0.1, 0.15) is 11.4 Å². The lowest BCUT2D eigenvalue weighted by Gasteiger charge is -2.19. The van der Waals surface area contributed by atoms with Crippen molar-refractivity contribution in [3.63, 3.8) is 0 Å². The van der Waals surface area contributed by atoms with Gasteiger partial charge in [0.15, 0.2) is 5.69 Å². The first-order valence-electron chi connectivity index (χ1n) is 10.4. The topological polar surface area (TPSA) is 140 Å². The van der Waals surface area contributed by atoms with Crippen molar-refractivity contribution in [2.75, 3.05) is 13.6 Å². The lowest BCUT2D eigenvalue weighted by molar-refractivity contribution is 0.0533. The third kappa shape index (κ3) is 7.39. The van der Waals surface area contributed by atoms with Gasteiger partial charge in [-0.05, 0) is 58.5 Å². The number of amides is 1. The van der Waals surface area contributed by atoms with E-state index in [2.05, 4.69) is 15.1 Å². The number of ether oxygens (including phenoxy) is 1. The summed E-state index contributed by atoms with van der Waals surface area (Å²) in [5.41, 5.74) is 0.596. The fraction of sp³-hybridized carbons (Fsp3) is 0.409. The summed E-state index contributed by atoms with van der Waals surface area (Å²) in [6.07, 6.45) is 0.569. The number of hydrogen-bond donors (Lipinski definition) is 3. The molecular weight excluding hydrogens is 467 g/mol. The molecular formula is C22H29FN4O6S. The summed E-state index contributed by atoms with van der Waals surface area (Å²) in [5.74, 6) is -1.96. The second-order valence-electron chi connectivity index (χ2n) is 8.44. The highest BCUT2D eigenvalue weighted by molar-refractivity contribution is 7.89. The molecule has 0 unspecified atom stereocenters. The Morgan fingerprint density at radius 3 is 2.38 bits per heavy atom. The number of carbonyl (C=O) groups is 2. The molecule has 1 aromatic carbocycles. The molecule has 34 heavy (non-hydrogen) atoms. The predicted octanol–water partition coefficient (Wildman–Crippen LogP) is 2.77. The number of nitrogens with zero attached hydrogens (tertiary/aromatic N) is 2. The van der Waals surface area contributed by atoms with Crippen LogP contribution in [0.4, 0.5) is 9.18 Å². The van der Waals surface area contributed by atoms with Crippen LogP contribution in [0.5, 0.6) is 0 Å². The molecule has 3 N–H and O–H groups in total. The molecule has 0 bridgehead atoms. The van der Waals surface area contributed by atoms with Crippen molar-refractivity contribution in [2.24, 2.45) is 0 Å². The molecule has 10 nitrogen and oxygen atoms in total. The number of alkyl carbamates (subject to hydrolysis) is 1. The molecule has 0 atom stereocenters. The van der Waals surface area contributed by atoms with E-state index >= 15 is 0 Å². The van der Waals surface area contributed by atoms with Crippen molar-refractivity contribution in [1.29, 1.82) is 0 Å². The minimum absolute atomic E-state index is 0.0804. The van der Waals surface area contributed by atoms with Crippen LogP contribution < -0.4 is 10.0 Å². The Balaban J connectivity index is 2.18. The number of allylic oxidation sites excluding steroid dienone is 1. The number of halogens is 1. The second-order valence-corrected chi connectivity index (χ2v) is 10.3. The molecule has 0 spiro atoms. The highest BCUT2D eigenvalue weighted by Gasteiger charge is 2.22. The summed E-state index contributed by atoms with van der Waals surface area (Å²) in [7, 11) is -2.28. The van der Waals surface area contributed by atoms with Crippen LogP contribution in [0.3, 0.4) is 0 Å². The van der Waals surface area contributed by atoms with Crippen LogP contribution in [0, 0.1) is 6.92 Å². The predicted molar refractivity (Wildman–Crippen MR) is 123 cm³/mol. The van der Waals surface area contributed by atoms with Crippen LogP contribution in [-0.4, -0.2) is 54.6 Å². The zero-order valence-electron chi connectivity index (χ0n) is 19.7. The zero-order chi connectivity index (χ0) is 25.7. The van der Waals surface area contributed by atoms with Crippen molar-refractivity contribution in [1.82, 2.24) is 19.8 Å². The molecule has 2 aromatic rings. The Kier molecular flexibility index (Phi) is 8.56. The normalized spacial score (nSPS) is 12.5. The number of benzene rings is 1. The first kappa shape index (κ1) is 27.0. The lowest BCUT2D eigenvalue weighted by atomic mass is 10.0. The highest BCUT2D eigenvalue weighted by atomic mass is 32.2. The van der Waals surface area contributed by atoms with E-state index in [0.717, 1.165) is 10.8 Å². The van der Waals surface area contributed by atoms with Gasteiger partial charge < -0.3 is 15.2 Å². The van der Waals surface area contributed by atoms with E-state index < -0.39 is 40.1 Å². The molecule has 0 aliphatic rings. The SMILES string of the molecule is CNS(=O)(=O)c1ccc(Cc2c(C)nn(C/C(F)=C/CNC(=O)OC(C)(C)C)c2C(=O)O)cc1. The minimum Gasteiger partial charge on any atom is -0.477 e. The van der Waals surface area contributed by atoms with Crippen LogP contribution in [0.15, 0.2) is 41.1 Å². The monoisotopic (exact) mass is 496 g/mol. The maximum absolute atomic E-state index is 14.4. The van der Waals surface area contributed by atoms with Crippen molar-refractivity contribution < 1.29 is 32.2 Å². The van der Waals surface area contributed by atoms with E-state index in [0.29, 0.717) is 16.8 Å². The van der Waals surface area contributed by atoms with Gasteiger partial charge >= 0.3 is 12.1 Å². The average molecular weight is 497 g/mol. The van der Waals surface area contributed by atoms with Gasteiger partial charge in [0.25, 0.3) is 0 Å². The second kappa shape index (κ2) is 10.8. The van der Waals surface area contributed by atoms with Crippen LogP contribution in [-0.2, 0) is 27.7 Å². The van der Waals surface area contributed by atoms with Gasteiger partial charge in [-0.3, -0.25) is 4.68 Å². The van der Waals surface area contributed by atoms with E-state index in [9.17, 15) is 27.5 Å². The summed E-state index contributed by atoms with van der Waals surface area (Å²) in [5, 5.41) is 16.3.